The highest BCUT2D eigenvalue weighted by Crippen LogP contribution is 2.25. The minimum Gasteiger partial charge on any atom is -0.384 e. The largest absolute Gasteiger partial charge is 0.384 e. The monoisotopic (exact) mass is 570 g/mol. The van der Waals surface area contributed by atoms with Gasteiger partial charge in [0, 0.05) is 61.1 Å². The first-order valence-electron chi connectivity index (χ1n) is 14.1. The van der Waals surface area contributed by atoms with E-state index in [4.69, 9.17) is 5.73 Å². The Balaban J connectivity index is 0.000000166. The molecule has 2 fully saturated rings. The summed E-state index contributed by atoms with van der Waals surface area (Å²) in [5.41, 5.74) is 9.22. The van der Waals surface area contributed by atoms with E-state index < -0.39 is 0 Å². The van der Waals surface area contributed by atoms with Crippen LogP contribution in [-0.4, -0.2) is 67.2 Å². The number of nitrogens with zero attached hydrogens (tertiary/aromatic N) is 8. The lowest BCUT2D eigenvalue weighted by molar-refractivity contribution is 0.717. The second kappa shape index (κ2) is 13.6. The van der Waals surface area contributed by atoms with Crippen molar-refractivity contribution in [3.8, 4) is 22.5 Å². The number of rotatable bonds is 7. The van der Waals surface area contributed by atoms with Gasteiger partial charge in [0.15, 0.2) is 0 Å². The molecule has 6 heterocycles. The summed E-state index contributed by atoms with van der Waals surface area (Å²) in [6.07, 6.45) is 14.3. The summed E-state index contributed by atoms with van der Waals surface area (Å²) < 4.78 is 0. The molecule has 0 spiro atoms. The zero-order valence-electron chi connectivity index (χ0n) is 23.9. The number of thioether (sulfide) groups is 1. The van der Waals surface area contributed by atoms with Gasteiger partial charge in [0.05, 0.1) is 17.3 Å². The summed E-state index contributed by atoms with van der Waals surface area (Å²) in [5, 5.41) is 3.27. The van der Waals surface area contributed by atoms with Crippen molar-refractivity contribution in [2.24, 2.45) is 0 Å². The maximum absolute atomic E-state index is 5.68. The topological polar surface area (TPSA) is 122 Å². The highest BCUT2D eigenvalue weighted by Gasteiger charge is 2.23. The molecule has 6 rings (SSSR count). The molecule has 0 unspecified atom stereocenters. The first kappa shape index (κ1) is 28.5. The second-order valence-corrected chi connectivity index (χ2v) is 11.2. The number of nitrogens with one attached hydrogen (secondary N) is 1. The Morgan fingerprint density at radius 3 is 1.76 bits per heavy atom. The third-order valence-corrected chi connectivity index (χ3v) is 7.84. The molecule has 2 aliphatic rings. The van der Waals surface area contributed by atoms with E-state index in [1.807, 2.05) is 55.1 Å². The predicted octanol–water partition coefficient (Wildman–Crippen LogP) is 5.37. The van der Waals surface area contributed by atoms with Crippen molar-refractivity contribution in [2.45, 2.75) is 51.6 Å². The summed E-state index contributed by atoms with van der Waals surface area (Å²) in [6.45, 7) is 6.53. The number of anilines is 4. The summed E-state index contributed by atoms with van der Waals surface area (Å²) in [5.74, 6) is 3.86. The quantitative estimate of drug-likeness (QED) is 0.279. The predicted molar refractivity (Wildman–Crippen MR) is 169 cm³/mol. The van der Waals surface area contributed by atoms with Crippen molar-refractivity contribution in [1.29, 1.82) is 0 Å². The zero-order valence-corrected chi connectivity index (χ0v) is 24.8. The Morgan fingerprint density at radius 1 is 0.780 bits per heavy atom. The van der Waals surface area contributed by atoms with Gasteiger partial charge < -0.3 is 20.9 Å². The van der Waals surface area contributed by atoms with Crippen molar-refractivity contribution in [3.63, 3.8) is 0 Å². The minimum atomic E-state index is 0.509. The smallest absolute Gasteiger partial charge is 0.225 e. The molecule has 0 radical (unpaired) electrons. The van der Waals surface area contributed by atoms with Crippen LogP contribution in [0, 0.1) is 0 Å². The standard InChI is InChI=1S/C16H21N5S.C14H17N5/c1-12-5-4-8-21(12)16-17-9-13(10-18-16)14-6-3-7-15(20-14)19-11-22-2;1-10-4-3-7-19(10)14-16-8-11(9-17-14)12-5-2-6-13(15)18-12/h3,6-7,9-10,12H,4-5,8,11H2,1-2H3,(H,19,20);2,5-6,8-10H,3-4,7H2,1H3,(H2,15,18)/t12-;10-/m11/s1. The molecule has 0 bridgehead atoms. The Labute approximate surface area is 246 Å². The minimum absolute atomic E-state index is 0.509. The number of hydrogen-bond acceptors (Lipinski definition) is 11. The van der Waals surface area contributed by atoms with Gasteiger partial charge in [0.25, 0.3) is 0 Å². The molecule has 41 heavy (non-hydrogen) atoms. The number of pyridine rings is 2. The van der Waals surface area contributed by atoms with E-state index in [0.717, 1.165) is 59.2 Å². The lowest BCUT2D eigenvalue weighted by Gasteiger charge is -2.20. The van der Waals surface area contributed by atoms with Crippen LogP contribution >= 0.6 is 11.8 Å². The zero-order chi connectivity index (χ0) is 28.6. The molecule has 10 nitrogen and oxygen atoms in total. The normalized spacial score (nSPS) is 18.2. The molecule has 4 aromatic rings. The van der Waals surface area contributed by atoms with Gasteiger partial charge in [-0.05, 0) is 70.1 Å². The first-order valence-corrected chi connectivity index (χ1v) is 15.5. The van der Waals surface area contributed by atoms with Crippen LogP contribution in [0.25, 0.3) is 22.5 Å². The van der Waals surface area contributed by atoms with Crippen LogP contribution < -0.4 is 20.9 Å². The number of nitrogens with two attached hydrogens (primary N) is 1. The second-order valence-electron chi connectivity index (χ2n) is 10.4. The average molecular weight is 571 g/mol. The van der Waals surface area contributed by atoms with Crippen LogP contribution in [0.5, 0.6) is 0 Å². The van der Waals surface area contributed by atoms with E-state index in [2.05, 4.69) is 65.1 Å². The molecule has 0 aliphatic carbocycles. The fourth-order valence-electron chi connectivity index (χ4n) is 5.12. The number of hydrogen-bond donors (Lipinski definition) is 2. The van der Waals surface area contributed by atoms with Gasteiger partial charge in [0.1, 0.15) is 11.6 Å². The molecule has 3 N–H and O–H groups in total. The number of nitrogen functional groups attached to an aromatic ring is 1. The molecule has 11 heteroatoms. The van der Waals surface area contributed by atoms with Crippen LogP contribution in [0.15, 0.2) is 61.2 Å². The van der Waals surface area contributed by atoms with Crippen LogP contribution in [0.2, 0.25) is 0 Å². The van der Waals surface area contributed by atoms with Gasteiger partial charge in [-0.25, -0.2) is 29.9 Å². The lowest BCUT2D eigenvalue weighted by atomic mass is 10.2. The fourth-order valence-corrected chi connectivity index (χ4v) is 5.41. The van der Waals surface area contributed by atoms with Crippen LogP contribution in [0.1, 0.15) is 39.5 Å². The third kappa shape index (κ3) is 7.21. The number of aromatic nitrogens is 6. The Kier molecular flexibility index (Phi) is 9.45. The van der Waals surface area contributed by atoms with E-state index in [9.17, 15) is 0 Å². The van der Waals surface area contributed by atoms with Crippen LogP contribution in [0.4, 0.5) is 23.5 Å². The van der Waals surface area contributed by atoms with Crippen molar-refractivity contribution >= 4 is 35.3 Å². The van der Waals surface area contributed by atoms with Crippen LogP contribution in [-0.2, 0) is 0 Å². The maximum Gasteiger partial charge on any atom is 0.225 e. The van der Waals surface area contributed by atoms with E-state index in [1.165, 1.54) is 25.7 Å². The molecular weight excluding hydrogens is 532 g/mol. The Bertz CT molecular complexity index is 1400. The molecule has 214 valence electrons. The molecule has 2 atom stereocenters. The fraction of sp³-hybridized carbons (Fsp3) is 0.400. The highest BCUT2D eigenvalue weighted by molar-refractivity contribution is 7.98. The van der Waals surface area contributed by atoms with Gasteiger partial charge in [-0.15, -0.1) is 11.8 Å². The lowest BCUT2D eigenvalue weighted by Crippen LogP contribution is -2.28. The molecule has 0 saturated carbocycles. The molecule has 4 aromatic heterocycles. The van der Waals surface area contributed by atoms with Gasteiger partial charge in [0.2, 0.25) is 11.9 Å². The van der Waals surface area contributed by atoms with E-state index in [1.54, 1.807) is 17.8 Å². The van der Waals surface area contributed by atoms with Gasteiger partial charge in [-0.2, -0.15) is 0 Å². The summed E-state index contributed by atoms with van der Waals surface area (Å²) in [4.78, 5) is 31.4. The molecule has 0 amide bonds. The molecule has 0 aromatic carbocycles. The Hall–Kier alpha value is -3.99. The van der Waals surface area contributed by atoms with Crippen molar-refractivity contribution in [1.82, 2.24) is 29.9 Å². The first-order chi connectivity index (χ1) is 20.0. The van der Waals surface area contributed by atoms with Crippen molar-refractivity contribution < 1.29 is 0 Å². The van der Waals surface area contributed by atoms with E-state index >= 15 is 0 Å². The average Bonchev–Trinajstić information content (AvgIpc) is 3.64. The van der Waals surface area contributed by atoms with Gasteiger partial charge >= 0.3 is 0 Å². The maximum atomic E-state index is 5.68. The summed E-state index contributed by atoms with van der Waals surface area (Å²) in [7, 11) is 0. The highest BCUT2D eigenvalue weighted by atomic mass is 32.2. The van der Waals surface area contributed by atoms with E-state index in [-0.39, 0.29) is 0 Å². The third-order valence-electron chi connectivity index (χ3n) is 7.41. The van der Waals surface area contributed by atoms with Gasteiger partial charge in [-0.1, -0.05) is 12.1 Å². The molecular formula is C30H38N10S. The van der Waals surface area contributed by atoms with E-state index in [0.29, 0.717) is 17.9 Å². The Morgan fingerprint density at radius 2 is 1.29 bits per heavy atom. The van der Waals surface area contributed by atoms with Crippen molar-refractivity contribution in [2.75, 3.05) is 46.1 Å². The molecule has 2 aliphatic heterocycles. The molecule has 2 saturated heterocycles. The summed E-state index contributed by atoms with van der Waals surface area (Å²) in [6, 6.07) is 12.6. The SMILES string of the molecule is CSCNc1cccc(-c2cnc(N3CCC[C@H]3C)nc2)n1.C[C@@H]1CCCN1c1ncc(-c2cccc(N)n2)cn1. The van der Waals surface area contributed by atoms with Crippen LogP contribution in [0.3, 0.4) is 0 Å². The van der Waals surface area contributed by atoms with Gasteiger partial charge in [-0.3, -0.25) is 0 Å². The summed E-state index contributed by atoms with van der Waals surface area (Å²) >= 11 is 1.73. The van der Waals surface area contributed by atoms with Crippen molar-refractivity contribution in [3.05, 3.63) is 61.2 Å².